The van der Waals surface area contributed by atoms with E-state index in [4.69, 9.17) is 0 Å². The number of hydrogen-bond acceptors (Lipinski definition) is 2. The van der Waals surface area contributed by atoms with Crippen LogP contribution in [0.25, 0.3) is 0 Å². The van der Waals surface area contributed by atoms with Crippen molar-refractivity contribution < 1.29 is 4.79 Å². The topological polar surface area (TPSA) is 41.1 Å². The van der Waals surface area contributed by atoms with E-state index in [1.807, 2.05) is 6.92 Å². The third-order valence-corrected chi connectivity index (χ3v) is 3.33. The van der Waals surface area contributed by atoms with Gasteiger partial charge in [-0.1, -0.05) is 32.6 Å². The highest BCUT2D eigenvalue weighted by atomic mass is 16.2. The van der Waals surface area contributed by atoms with Crippen molar-refractivity contribution in [2.24, 2.45) is 0 Å². The number of rotatable bonds is 7. The van der Waals surface area contributed by atoms with Gasteiger partial charge in [0.15, 0.2) is 0 Å². The smallest absolute Gasteiger partial charge is 0.237 e. The molecule has 0 bridgehead atoms. The van der Waals surface area contributed by atoms with E-state index >= 15 is 0 Å². The lowest BCUT2D eigenvalue weighted by molar-refractivity contribution is -0.123. The second-order valence-electron chi connectivity index (χ2n) is 4.87. The fourth-order valence-corrected chi connectivity index (χ4v) is 2.18. The van der Waals surface area contributed by atoms with Gasteiger partial charge >= 0.3 is 0 Å². The number of carbonyl (C=O) groups excluding carboxylic acids is 1. The third-order valence-electron chi connectivity index (χ3n) is 3.33. The lowest BCUT2D eigenvalue weighted by Crippen LogP contribution is -2.45. The molecule has 0 aliphatic heterocycles. The third kappa shape index (κ3) is 4.97. The van der Waals surface area contributed by atoms with E-state index in [9.17, 15) is 4.79 Å². The van der Waals surface area contributed by atoms with Gasteiger partial charge in [0, 0.05) is 6.04 Å². The minimum Gasteiger partial charge on any atom is -0.352 e. The summed E-state index contributed by atoms with van der Waals surface area (Å²) in [5.41, 5.74) is 0. The normalized spacial score (nSPS) is 18.6. The highest BCUT2D eigenvalue weighted by Crippen LogP contribution is 2.17. The fraction of sp³-hybridized carbons (Fsp3) is 0.923. The van der Waals surface area contributed by atoms with Gasteiger partial charge in [0.1, 0.15) is 0 Å². The lowest BCUT2D eigenvalue weighted by atomic mass is 10.2. The van der Waals surface area contributed by atoms with Gasteiger partial charge in [0.25, 0.3) is 0 Å². The van der Waals surface area contributed by atoms with Gasteiger partial charge in [0.05, 0.1) is 6.04 Å². The van der Waals surface area contributed by atoms with Crippen LogP contribution in [0, 0.1) is 0 Å². The molecule has 2 N–H and O–H groups in total. The first-order valence-electron chi connectivity index (χ1n) is 6.77. The van der Waals surface area contributed by atoms with Crippen LogP contribution in [0.5, 0.6) is 0 Å². The molecule has 1 unspecified atom stereocenters. The molecular weight excluding hydrogens is 200 g/mol. The Bertz CT molecular complexity index is 200. The predicted octanol–water partition coefficient (Wildman–Crippen LogP) is 2.21. The maximum absolute atomic E-state index is 11.8. The second-order valence-corrected chi connectivity index (χ2v) is 4.87. The first kappa shape index (κ1) is 13.5. The van der Waals surface area contributed by atoms with Crippen LogP contribution in [0.15, 0.2) is 0 Å². The molecule has 0 aromatic carbocycles. The summed E-state index contributed by atoms with van der Waals surface area (Å²) in [6.07, 6.45) is 8.49. The van der Waals surface area contributed by atoms with Crippen molar-refractivity contribution in [3.05, 3.63) is 0 Å². The van der Waals surface area contributed by atoms with Crippen LogP contribution in [-0.4, -0.2) is 24.5 Å². The molecule has 1 fully saturated rings. The quantitative estimate of drug-likeness (QED) is 0.654. The van der Waals surface area contributed by atoms with Crippen LogP contribution in [0.3, 0.4) is 0 Å². The number of carbonyl (C=O) groups is 1. The predicted molar refractivity (Wildman–Crippen MR) is 67.4 cm³/mol. The van der Waals surface area contributed by atoms with E-state index in [2.05, 4.69) is 17.6 Å². The van der Waals surface area contributed by atoms with Crippen LogP contribution in [0.1, 0.15) is 58.8 Å². The Morgan fingerprint density at radius 2 is 2.00 bits per heavy atom. The zero-order valence-corrected chi connectivity index (χ0v) is 10.7. The first-order chi connectivity index (χ1) is 7.74. The molecular formula is C13H26N2O. The molecule has 1 saturated carbocycles. The summed E-state index contributed by atoms with van der Waals surface area (Å²) in [5.74, 6) is 0.170. The van der Waals surface area contributed by atoms with Gasteiger partial charge in [-0.15, -0.1) is 0 Å². The summed E-state index contributed by atoms with van der Waals surface area (Å²) in [4.78, 5) is 11.8. The van der Waals surface area contributed by atoms with E-state index in [-0.39, 0.29) is 11.9 Å². The first-order valence-corrected chi connectivity index (χ1v) is 6.77. The summed E-state index contributed by atoms with van der Waals surface area (Å²) >= 11 is 0. The summed E-state index contributed by atoms with van der Waals surface area (Å²) in [6, 6.07) is 0.393. The van der Waals surface area contributed by atoms with Crippen molar-refractivity contribution in [3.63, 3.8) is 0 Å². The average molecular weight is 226 g/mol. The van der Waals surface area contributed by atoms with E-state index in [1.54, 1.807) is 0 Å². The summed E-state index contributed by atoms with van der Waals surface area (Å²) in [6.45, 7) is 5.10. The number of hydrogen-bond donors (Lipinski definition) is 2. The monoisotopic (exact) mass is 226 g/mol. The van der Waals surface area contributed by atoms with Gasteiger partial charge in [-0.05, 0) is 32.7 Å². The van der Waals surface area contributed by atoms with Crippen molar-refractivity contribution in [3.8, 4) is 0 Å². The average Bonchev–Trinajstić information content (AvgIpc) is 2.76. The lowest BCUT2D eigenvalue weighted by Gasteiger charge is -2.17. The molecule has 3 heteroatoms. The van der Waals surface area contributed by atoms with Gasteiger partial charge in [-0.25, -0.2) is 0 Å². The summed E-state index contributed by atoms with van der Waals surface area (Å²) < 4.78 is 0. The molecule has 3 nitrogen and oxygen atoms in total. The van der Waals surface area contributed by atoms with Crippen molar-refractivity contribution in [2.75, 3.05) is 6.54 Å². The zero-order chi connectivity index (χ0) is 11.8. The number of unbranched alkanes of at least 4 members (excludes halogenated alkanes) is 2. The van der Waals surface area contributed by atoms with E-state index in [0.29, 0.717) is 6.04 Å². The highest BCUT2D eigenvalue weighted by molar-refractivity contribution is 5.81. The molecule has 16 heavy (non-hydrogen) atoms. The van der Waals surface area contributed by atoms with E-state index in [1.165, 1.54) is 25.7 Å². The Labute approximate surface area is 99.4 Å². The molecule has 1 rings (SSSR count). The molecule has 0 aromatic rings. The molecule has 1 amide bonds. The van der Waals surface area contributed by atoms with E-state index < -0.39 is 0 Å². The summed E-state index contributed by atoms with van der Waals surface area (Å²) in [7, 11) is 0. The van der Waals surface area contributed by atoms with Crippen molar-refractivity contribution in [1.82, 2.24) is 10.6 Å². The molecule has 1 atom stereocenters. The Morgan fingerprint density at radius 3 is 2.62 bits per heavy atom. The molecule has 0 saturated heterocycles. The minimum absolute atomic E-state index is 0.0440. The van der Waals surface area contributed by atoms with E-state index in [0.717, 1.165) is 25.8 Å². The Hall–Kier alpha value is -0.570. The van der Waals surface area contributed by atoms with Crippen molar-refractivity contribution >= 4 is 5.91 Å². The highest BCUT2D eigenvalue weighted by Gasteiger charge is 2.19. The van der Waals surface area contributed by atoms with Gasteiger partial charge in [-0.2, -0.15) is 0 Å². The number of nitrogens with one attached hydrogen (secondary N) is 2. The maximum atomic E-state index is 11.8. The minimum atomic E-state index is -0.0440. The molecule has 1 aliphatic carbocycles. The van der Waals surface area contributed by atoms with Gasteiger partial charge < -0.3 is 10.6 Å². The second kappa shape index (κ2) is 7.66. The van der Waals surface area contributed by atoms with Crippen LogP contribution in [0.4, 0.5) is 0 Å². The zero-order valence-electron chi connectivity index (χ0n) is 10.7. The SMILES string of the molecule is CCCCCNC(C)C(=O)NC1CCCC1. The number of amides is 1. The van der Waals surface area contributed by atoms with Crippen LogP contribution < -0.4 is 10.6 Å². The molecule has 94 valence electrons. The van der Waals surface area contributed by atoms with Gasteiger partial charge in [0.2, 0.25) is 5.91 Å². The molecule has 0 aromatic heterocycles. The standard InChI is InChI=1S/C13H26N2O/c1-3-4-7-10-14-11(2)13(16)15-12-8-5-6-9-12/h11-12,14H,3-10H2,1-2H3,(H,15,16). The molecule has 1 aliphatic rings. The maximum Gasteiger partial charge on any atom is 0.237 e. The Kier molecular flexibility index (Phi) is 6.46. The van der Waals surface area contributed by atoms with Crippen molar-refractivity contribution in [2.45, 2.75) is 70.9 Å². The summed E-state index contributed by atoms with van der Waals surface area (Å²) in [5, 5.41) is 6.40. The molecule has 0 heterocycles. The Balaban J connectivity index is 2.09. The molecule has 0 radical (unpaired) electrons. The molecule has 0 spiro atoms. The van der Waals surface area contributed by atoms with Crippen LogP contribution >= 0.6 is 0 Å². The van der Waals surface area contributed by atoms with Gasteiger partial charge in [-0.3, -0.25) is 4.79 Å². The van der Waals surface area contributed by atoms with Crippen molar-refractivity contribution in [1.29, 1.82) is 0 Å². The Morgan fingerprint density at radius 1 is 1.31 bits per heavy atom. The largest absolute Gasteiger partial charge is 0.352 e. The van der Waals surface area contributed by atoms with Crippen LogP contribution in [-0.2, 0) is 4.79 Å². The fourth-order valence-electron chi connectivity index (χ4n) is 2.18. The van der Waals surface area contributed by atoms with Crippen LogP contribution in [0.2, 0.25) is 0 Å².